The van der Waals surface area contributed by atoms with Crippen LogP contribution in [0.3, 0.4) is 0 Å². The SMILES string of the molecule is CCCCN(CCNc1ccc(C(=O)O)cc1)C(=O)/C=C/c1cc(C(C)(C)C)c(O)c(C(C)(C)C)c1. The number of carboxylic acids is 1. The number of aromatic hydroxyl groups is 1. The molecule has 0 atom stereocenters. The summed E-state index contributed by atoms with van der Waals surface area (Å²) >= 11 is 0. The first-order valence-electron chi connectivity index (χ1n) is 12.7. The minimum atomic E-state index is -0.956. The minimum Gasteiger partial charge on any atom is -0.507 e. The van der Waals surface area contributed by atoms with Crippen LogP contribution in [0.1, 0.15) is 88.4 Å². The van der Waals surface area contributed by atoms with E-state index in [1.807, 2.05) is 23.1 Å². The highest BCUT2D eigenvalue weighted by Crippen LogP contribution is 2.40. The van der Waals surface area contributed by atoms with Gasteiger partial charge in [0.05, 0.1) is 5.56 Å². The van der Waals surface area contributed by atoms with Crippen molar-refractivity contribution >= 4 is 23.6 Å². The van der Waals surface area contributed by atoms with Crippen LogP contribution in [0.25, 0.3) is 6.08 Å². The highest BCUT2D eigenvalue weighted by Gasteiger charge is 2.26. The Bertz CT molecular complexity index is 1040. The molecule has 0 aliphatic rings. The minimum absolute atomic E-state index is 0.0610. The van der Waals surface area contributed by atoms with Crippen molar-refractivity contribution in [3.8, 4) is 5.75 Å². The summed E-state index contributed by atoms with van der Waals surface area (Å²) in [5, 5.41) is 23.2. The predicted molar refractivity (Wildman–Crippen MR) is 148 cm³/mol. The Hall–Kier alpha value is -3.28. The van der Waals surface area contributed by atoms with Crippen molar-refractivity contribution in [1.29, 1.82) is 0 Å². The Kier molecular flexibility index (Phi) is 9.74. The van der Waals surface area contributed by atoms with Crippen LogP contribution in [-0.2, 0) is 15.6 Å². The molecule has 0 spiro atoms. The third-order valence-electron chi connectivity index (χ3n) is 6.10. The second-order valence-electron chi connectivity index (χ2n) is 11.3. The molecule has 2 aromatic rings. The summed E-state index contributed by atoms with van der Waals surface area (Å²) in [5.41, 5.74) is 3.20. The van der Waals surface area contributed by atoms with E-state index >= 15 is 0 Å². The molecule has 2 aromatic carbocycles. The fourth-order valence-corrected chi connectivity index (χ4v) is 3.92. The normalized spacial score (nSPS) is 12.1. The summed E-state index contributed by atoms with van der Waals surface area (Å²) in [5.74, 6) is -0.692. The number of carboxylic acid groups (broad SMARTS) is 1. The molecule has 0 aliphatic carbocycles. The van der Waals surface area contributed by atoms with E-state index in [1.165, 1.54) is 0 Å². The lowest BCUT2D eigenvalue weighted by Crippen LogP contribution is -2.34. The number of phenolic OH excluding ortho intramolecular Hbond substituents is 1. The average molecular weight is 495 g/mol. The maximum atomic E-state index is 13.1. The zero-order chi connectivity index (χ0) is 27.1. The molecule has 0 aromatic heterocycles. The molecular weight excluding hydrogens is 452 g/mol. The number of hydrogen-bond donors (Lipinski definition) is 3. The topological polar surface area (TPSA) is 89.9 Å². The second-order valence-corrected chi connectivity index (χ2v) is 11.3. The van der Waals surface area contributed by atoms with Crippen molar-refractivity contribution in [2.45, 2.75) is 72.1 Å². The molecule has 3 N–H and O–H groups in total. The van der Waals surface area contributed by atoms with Gasteiger partial charge in [-0.3, -0.25) is 4.79 Å². The summed E-state index contributed by atoms with van der Waals surface area (Å²) in [6, 6.07) is 10.5. The lowest BCUT2D eigenvalue weighted by molar-refractivity contribution is -0.125. The molecule has 0 saturated carbocycles. The van der Waals surface area contributed by atoms with E-state index in [2.05, 4.69) is 53.8 Å². The smallest absolute Gasteiger partial charge is 0.335 e. The van der Waals surface area contributed by atoms with E-state index in [9.17, 15) is 14.7 Å². The molecule has 0 fully saturated rings. The number of aromatic carboxylic acids is 1. The summed E-state index contributed by atoms with van der Waals surface area (Å²) in [6.07, 6.45) is 5.35. The van der Waals surface area contributed by atoms with Crippen molar-refractivity contribution in [2.24, 2.45) is 0 Å². The van der Waals surface area contributed by atoms with Crippen LogP contribution in [-0.4, -0.2) is 46.6 Å². The number of nitrogens with zero attached hydrogens (tertiary/aromatic N) is 1. The Morgan fingerprint density at radius 3 is 1.97 bits per heavy atom. The van der Waals surface area contributed by atoms with Gasteiger partial charge in [-0.25, -0.2) is 4.79 Å². The summed E-state index contributed by atoms with van der Waals surface area (Å²) in [4.78, 5) is 26.0. The number of rotatable bonds is 10. The number of nitrogens with one attached hydrogen (secondary N) is 1. The zero-order valence-electron chi connectivity index (χ0n) is 22.8. The molecule has 0 bridgehead atoms. The quantitative estimate of drug-likeness (QED) is 0.331. The van der Waals surface area contributed by atoms with Gasteiger partial charge in [-0.05, 0) is 65.3 Å². The van der Waals surface area contributed by atoms with Gasteiger partial charge in [0.1, 0.15) is 5.75 Å². The van der Waals surface area contributed by atoms with Crippen LogP contribution in [0, 0.1) is 0 Å². The molecular formula is C30H42N2O4. The summed E-state index contributed by atoms with van der Waals surface area (Å²) in [6.45, 7) is 16.3. The van der Waals surface area contributed by atoms with E-state index < -0.39 is 5.97 Å². The Labute approximate surface area is 216 Å². The average Bonchev–Trinajstić information content (AvgIpc) is 2.79. The van der Waals surface area contributed by atoms with Crippen molar-refractivity contribution in [3.05, 3.63) is 64.7 Å². The molecule has 0 unspecified atom stereocenters. The molecule has 1 amide bonds. The third kappa shape index (κ3) is 8.14. The van der Waals surface area contributed by atoms with E-state index in [0.29, 0.717) is 25.4 Å². The molecule has 6 heteroatoms. The maximum absolute atomic E-state index is 13.1. The molecule has 36 heavy (non-hydrogen) atoms. The first kappa shape index (κ1) is 29.0. The van der Waals surface area contributed by atoms with E-state index in [1.54, 1.807) is 30.3 Å². The van der Waals surface area contributed by atoms with Gasteiger partial charge in [-0.15, -0.1) is 0 Å². The van der Waals surface area contributed by atoms with Crippen molar-refractivity contribution in [2.75, 3.05) is 25.0 Å². The summed E-state index contributed by atoms with van der Waals surface area (Å²) < 4.78 is 0. The number of carbonyl (C=O) groups is 2. The predicted octanol–water partition coefficient (Wildman–Crippen LogP) is 6.44. The fourth-order valence-electron chi connectivity index (χ4n) is 3.92. The van der Waals surface area contributed by atoms with Crippen LogP contribution < -0.4 is 5.32 Å². The van der Waals surface area contributed by atoms with Crippen LogP contribution in [0.4, 0.5) is 5.69 Å². The van der Waals surface area contributed by atoms with Crippen molar-refractivity contribution in [1.82, 2.24) is 4.90 Å². The Morgan fingerprint density at radius 1 is 0.944 bits per heavy atom. The van der Waals surface area contributed by atoms with Gasteiger partial charge in [-0.1, -0.05) is 54.9 Å². The molecule has 0 radical (unpaired) electrons. The van der Waals surface area contributed by atoms with Crippen molar-refractivity contribution in [3.63, 3.8) is 0 Å². The number of hydrogen-bond acceptors (Lipinski definition) is 4. The summed E-state index contributed by atoms with van der Waals surface area (Å²) in [7, 11) is 0. The van der Waals surface area contributed by atoms with Gasteiger partial charge in [0.2, 0.25) is 5.91 Å². The highest BCUT2D eigenvalue weighted by molar-refractivity contribution is 5.92. The molecule has 196 valence electrons. The largest absolute Gasteiger partial charge is 0.507 e. The fraction of sp³-hybridized carbons (Fsp3) is 0.467. The van der Waals surface area contributed by atoms with E-state index in [0.717, 1.165) is 35.2 Å². The van der Waals surface area contributed by atoms with Gasteiger partial charge in [0, 0.05) is 42.5 Å². The van der Waals surface area contributed by atoms with Crippen LogP contribution in [0.15, 0.2) is 42.5 Å². The van der Waals surface area contributed by atoms with Crippen LogP contribution in [0.2, 0.25) is 0 Å². The first-order valence-corrected chi connectivity index (χ1v) is 12.7. The number of anilines is 1. The Balaban J connectivity index is 2.18. The maximum Gasteiger partial charge on any atom is 0.335 e. The number of phenols is 1. The van der Waals surface area contributed by atoms with Crippen molar-refractivity contribution < 1.29 is 19.8 Å². The van der Waals surface area contributed by atoms with Gasteiger partial charge < -0.3 is 20.4 Å². The number of carbonyl (C=O) groups excluding carboxylic acids is 1. The van der Waals surface area contributed by atoms with Gasteiger partial charge in [0.15, 0.2) is 0 Å². The molecule has 0 aliphatic heterocycles. The number of amides is 1. The molecule has 2 rings (SSSR count). The van der Waals surface area contributed by atoms with Gasteiger partial charge >= 0.3 is 5.97 Å². The zero-order valence-corrected chi connectivity index (χ0v) is 22.8. The number of unbranched alkanes of at least 4 members (excludes halogenated alkanes) is 1. The Morgan fingerprint density at radius 2 is 1.50 bits per heavy atom. The first-order chi connectivity index (χ1) is 16.7. The van der Waals surface area contributed by atoms with Gasteiger partial charge in [0.25, 0.3) is 0 Å². The standard InChI is InChI=1S/C30H42N2O4/c1-8-9-17-32(18-16-31-23-13-11-22(12-14-23)28(35)36)26(33)15-10-21-19-24(29(2,3)4)27(34)25(20-21)30(5,6)7/h10-15,19-20,31,34H,8-9,16-18H2,1-7H3,(H,35,36)/b15-10+. The van der Waals surface area contributed by atoms with Crippen LogP contribution >= 0.6 is 0 Å². The monoisotopic (exact) mass is 494 g/mol. The van der Waals surface area contributed by atoms with E-state index in [-0.39, 0.29) is 22.3 Å². The number of benzene rings is 2. The molecule has 0 saturated heterocycles. The molecule has 6 nitrogen and oxygen atoms in total. The van der Waals surface area contributed by atoms with E-state index in [4.69, 9.17) is 5.11 Å². The lowest BCUT2D eigenvalue weighted by atomic mass is 9.78. The van der Waals surface area contributed by atoms with Gasteiger partial charge in [-0.2, -0.15) is 0 Å². The third-order valence-corrected chi connectivity index (χ3v) is 6.10. The molecule has 0 heterocycles. The lowest BCUT2D eigenvalue weighted by Gasteiger charge is -2.28. The highest BCUT2D eigenvalue weighted by atomic mass is 16.4. The van der Waals surface area contributed by atoms with Crippen LogP contribution in [0.5, 0.6) is 5.75 Å². The second kappa shape index (κ2) is 12.1.